The van der Waals surface area contributed by atoms with Crippen molar-refractivity contribution >= 4 is 0 Å². The Morgan fingerprint density at radius 1 is 0.683 bits per heavy atom. The van der Waals surface area contributed by atoms with Crippen LogP contribution in [0.3, 0.4) is 0 Å². The Morgan fingerprint density at radius 3 is 1.44 bits per heavy atom. The third-order valence-electron chi connectivity index (χ3n) is 5.21. The van der Waals surface area contributed by atoms with Gasteiger partial charge in [-0.05, 0) is 19.8 Å². The molecule has 0 aromatic carbocycles. The summed E-state index contributed by atoms with van der Waals surface area (Å²) >= 11 is 0. The largest absolute Gasteiger partial charge is 0.454 e. The van der Waals surface area contributed by atoms with E-state index in [1.165, 1.54) is 0 Å². The van der Waals surface area contributed by atoms with E-state index in [9.17, 15) is 83.4 Å². The topological polar surface area (TPSA) is 36.9 Å². The van der Waals surface area contributed by atoms with E-state index in [0.717, 1.165) is 0 Å². The van der Waals surface area contributed by atoms with Crippen molar-refractivity contribution in [2.24, 2.45) is 0 Å². The SMILES string of the molecule is CCOC1(C(F)(OC(F)(F)C(F)(F)C(F)F)C(F)(F)F)CCCC(C(F)(OC(F)(F)C(F)(F)C(F)F)C(F)(F)F)O1. The molecular formula is C17H14F20O4. The fraction of sp³-hybridized carbons (Fsp3) is 1.00. The molecule has 1 rings (SSSR count). The van der Waals surface area contributed by atoms with Crippen molar-refractivity contribution in [1.29, 1.82) is 0 Å². The normalized spacial score (nSPS) is 25.4. The lowest BCUT2D eigenvalue weighted by Crippen LogP contribution is -2.72. The maximum atomic E-state index is 15.3. The molecule has 4 nitrogen and oxygen atoms in total. The molecule has 0 saturated carbocycles. The Bertz CT molecular complexity index is 886. The van der Waals surface area contributed by atoms with Crippen LogP contribution in [0.4, 0.5) is 87.8 Å². The average molecular weight is 662 g/mol. The molecule has 1 aliphatic rings. The Balaban J connectivity index is 3.85. The van der Waals surface area contributed by atoms with Crippen molar-refractivity contribution in [3.05, 3.63) is 0 Å². The number of halogens is 20. The summed E-state index contributed by atoms with van der Waals surface area (Å²) in [5.74, 6) is -32.5. The van der Waals surface area contributed by atoms with Gasteiger partial charge in [-0.25, -0.2) is 17.6 Å². The lowest BCUT2D eigenvalue weighted by atomic mass is 9.91. The highest BCUT2D eigenvalue weighted by molar-refractivity contribution is 5.02. The first-order chi connectivity index (χ1) is 17.9. The summed E-state index contributed by atoms with van der Waals surface area (Å²) in [6.07, 6.45) is -50.0. The summed E-state index contributed by atoms with van der Waals surface area (Å²) in [5, 5.41) is 0. The van der Waals surface area contributed by atoms with Gasteiger partial charge in [-0.1, -0.05) is 0 Å². The van der Waals surface area contributed by atoms with Crippen LogP contribution >= 0.6 is 0 Å². The second-order valence-corrected chi connectivity index (χ2v) is 8.01. The molecule has 0 aromatic heterocycles. The van der Waals surface area contributed by atoms with E-state index in [2.05, 4.69) is 18.9 Å². The van der Waals surface area contributed by atoms with Gasteiger partial charge in [-0.3, -0.25) is 9.47 Å². The molecule has 0 radical (unpaired) electrons. The maximum absolute atomic E-state index is 15.3. The molecule has 1 aliphatic heterocycles. The van der Waals surface area contributed by atoms with Gasteiger partial charge in [0.2, 0.25) is 5.79 Å². The monoisotopic (exact) mass is 662 g/mol. The highest BCUT2D eigenvalue weighted by Gasteiger charge is 2.82. The molecule has 4 unspecified atom stereocenters. The Hall–Kier alpha value is -1.56. The van der Waals surface area contributed by atoms with E-state index >= 15 is 4.39 Å². The standard InChI is InChI=1S/C17H14F20O4/c1-2-38-9(13(27,15(31,32)33)41-17(36,37)11(24,25)8(20)21)5-3-4-6(39-9)12(26,14(28,29)30)40-16(34,35)10(22,23)7(18)19/h6-8H,2-5H2,1H3. The van der Waals surface area contributed by atoms with Gasteiger partial charge in [0.05, 0.1) is 0 Å². The van der Waals surface area contributed by atoms with Crippen molar-refractivity contribution in [1.82, 2.24) is 0 Å². The second-order valence-electron chi connectivity index (χ2n) is 8.01. The van der Waals surface area contributed by atoms with E-state index in [4.69, 9.17) is 0 Å². The lowest BCUT2D eigenvalue weighted by Gasteiger charge is -2.51. The fourth-order valence-corrected chi connectivity index (χ4v) is 3.21. The van der Waals surface area contributed by atoms with Crippen LogP contribution in [0.2, 0.25) is 0 Å². The zero-order valence-electron chi connectivity index (χ0n) is 19.3. The van der Waals surface area contributed by atoms with Crippen LogP contribution in [0.25, 0.3) is 0 Å². The molecule has 1 heterocycles. The summed E-state index contributed by atoms with van der Waals surface area (Å²) in [4.78, 5) is 0. The van der Waals surface area contributed by atoms with Crippen LogP contribution < -0.4 is 0 Å². The van der Waals surface area contributed by atoms with E-state index < -0.39 is 98.7 Å². The van der Waals surface area contributed by atoms with E-state index in [-0.39, 0.29) is 0 Å². The summed E-state index contributed by atoms with van der Waals surface area (Å²) in [5.41, 5.74) is 0. The van der Waals surface area contributed by atoms with Crippen LogP contribution in [-0.4, -0.2) is 79.5 Å². The predicted molar refractivity (Wildman–Crippen MR) is 86.8 cm³/mol. The molecule has 0 aliphatic carbocycles. The minimum absolute atomic E-state index is 0.470. The quantitative estimate of drug-likeness (QED) is 0.200. The summed E-state index contributed by atoms with van der Waals surface area (Å²) in [7, 11) is 0. The molecule has 0 aromatic rings. The van der Waals surface area contributed by atoms with Gasteiger partial charge in [0.15, 0.2) is 0 Å². The number of hydrogen-bond acceptors (Lipinski definition) is 4. The number of alkyl halides is 20. The van der Waals surface area contributed by atoms with Crippen LogP contribution in [0.5, 0.6) is 0 Å². The van der Waals surface area contributed by atoms with Crippen molar-refractivity contribution < 1.29 is 107 Å². The van der Waals surface area contributed by atoms with Gasteiger partial charge in [-0.15, -0.1) is 0 Å². The van der Waals surface area contributed by atoms with Crippen molar-refractivity contribution in [3.63, 3.8) is 0 Å². The summed E-state index contributed by atoms with van der Waals surface area (Å²) < 4.78 is 281. The molecular weight excluding hydrogens is 648 g/mol. The first-order valence-corrected chi connectivity index (χ1v) is 10.2. The minimum Gasteiger partial charge on any atom is -0.345 e. The van der Waals surface area contributed by atoms with Crippen LogP contribution in [0.15, 0.2) is 0 Å². The zero-order chi connectivity index (χ0) is 32.9. The van der Waals surface area contributed by atoms with E-state index in [0.29, 0.717) is 6.92 Å². The molecule has 1 fully saturated rings. The highest BCUT2D eigenvalue weighted by Crippen LogP contribution is 2.58. The molecule has 41 heavy (non-hydrogen) atoms. The van der Waals surface area contributed by atoms with Crippen LogP contribution in [0, 0.1) is 0 Å². The van der Waals surface area contributed by atoms with Crippen molar-refractivity contribution in [2.75, 3.05) is 6.61 Å². The van der Waals surface area contributed by atoms with E-state index in [1.807, 2.05) is 0 Å². The lowest BCUT2D eigenvalue weighted by molar-refractivity contribution is -0.538. The smallest absolute Gasteiger partial charge is 0.345 e. The fourth-order valence-electron chi connectivity index (χ4n) is 3.21. The third-order valence-corrected chi connectivity index (χ3v) is 5.21. The third kappa shape index (κ3) is 6.38. The first-order valence-electron chi connectivity index (χ1n) is 10.2. The van der Waals surface area contributed by atoms with Crippen molar-refractivity contribution in [2.45, 2.75) is 99.1 Å². The van der Waals surface area contributed by atoms with Crippen LogP contribution in [-0.2, 0) is 18.9 Å². The average Bonchev–Trinajstić information content (AvgIpc) is 2.76. The molecule has 246 valence electrons. The van der Waals surface area contributed by atoms with Gasteiger partial charge >= 0.3 is 61.0 Å². The zero-order valence-corrected chi connectivity index (χ0v) is 19.3. The van der Waals surface area contributed by atoms with E-state index in [1.54, 1.807) is 0 Å². The molecule has 0 N–H and O–H groups in total. The van der Waals surface area contributed by atoms with Gasteiger partial charge in [0.25, 0.3) is 0 Å². The molecule has 24 heteroatoms. The van der Waals surface area contributed by atoms with Crippen LogP contribution in [0.1, 0.15) is 26.2 Å². The highest BCUT2D eigenvalue weighted by atomic mass is 19.4. The molecule has 0 amide bonds. The Labute approximate surface area is 213 Å². The maximum Gasteiger partial charge on any atom is 0.454 e. The predicted octanol–water partition coefficient (Wildman–Crippen LogP) is 7.76. The Kier molecular flexibility index (Phi) is 10.2. The number of rotatable bonds is 12. The summed E-state index contributed by atoms with van der Waals surface area (Å²) in [6, 6.07) is 0. The molecule has 0 spiro atoms. The number of hydrogen-bond donors (Lipinski definition) is 0. The molecule has 0 bridgehead atoms. The number of ether oxygens (including phenoxy) is 4. The van der Waals surface area contributed by atoms with Gasteiger partial charge < -0.3 is 9.47 Å². The summed E-state index contributed by atoms with van der Waals surface area (Å²) in [6.45, 7) is -1.07. The van der Waals surface area contributed by atoms with Gasteiger partial charge in [0.1, 0.15) is 6.10 Å². The van der Waals surface area contributed by atoms with Crippen molar-refractivity contribution in [3.8, 4) is 0 Å². The molecule has 1 saturated heterocycles. The van der Waals surface area contributed by atoms with Gasteiger partial charge in [-0.2, -0.15) is 70.2 Å². The van der Waals surface area contributed by atoms with Gasteiger partial charge in [0, 0.05) is 13.0 Å². The Morgan fingerprint density at radius 2 is 1.10 bits per heavy atom. The minimum atomic E-state index is -7.27. The first kappa shape index (κ1) is 37.5. The second kappa shape index (κ2) is 11.2. The molecule has 4 atom stereocenters.